The molecule has 0 aliphatic rings. The van der Waals surface area contributed by atoms with Crippen molar-refractivity contribution < 1.29 is 4.92 Å². The van der Waals surface area contributed by atoms with Gasteiger partial charge in [-0.05, 0) is 34.5 Å². The topological polar surface area (TPSA) is 81.0 Å². The largest absolute Gasteiger partial charge is 0.364 e. The zero-order valence-corrected chi connectivity index (χ0v) is 12.6. The highest BCUT2D eigenvalue weighted by Gasteiger charge is 2.20. The van der Waals surface area contributed by atoms with Crippen LogP contribution in [0.3, 0.4) is 0 Å². The first-order valence-corrected chi connectivity index (χ1v) is 7.19. The lowest BCUT2D eigenvalue weighted by Gasteiger charge is -2.05. The van der Waals surface area contributed by atoms with Gasteiger partial charge in [-0.25, -0.2) is 9.97 Å². The van der Waals surface area contributed by atoms with Gasteiger partial charge in [0.15, 0.2) is 0 Å². The van der Waals surface area contributed by atoms with Crippen molar-refractivity contribution in [1.82, 2.24) is 9.97 Å². The van der Waals surface area contributed by atoms with Gasteiger partial charge in [0, 0.05) is 11.4 Å². The normalized spacial score (nSPS) is 10.4. The summed E-state index contributed by atoms with van der Waals surface area (Å²) in [4.78, 5) is 18.9. The van der Waals surface area contributed by atoms with E-state index in [1.54, 1.807) is 11.3 Å². The molecule has 19 heavy (non-hydrogen) atoms. The van der Waals surface area contributed by atoms with Crippen molar-refractivity contribution in [2.45, 2.75) is 6.42 Å². The summed E-state index contributed by atoms with van der Waals surface area (Å²) in [6.07, 6.45) is 1.94. The van der Waals surface area contributed by atoms with Crippen LogP contribution in [0.5, 0.6) is 0 Å². The molecule has 0 aliphatic heterocycles. The molecule has 0 aromatic carbocycles. The second-order valence-corrected chi connectivity index (χ2v) is 6.41. The molecule has 0 saturated heterocycles. The summed E-state index contributed by atoms with van der Waals surface area (Å²) in [7, 11) is 0. The average molecular weight is 364 g/mol. The van der Waals surface area contributed by atoms with Gasteiger partial charge in [-0.3, -0.25) is 10.1 Å². The number of thiophene rings is 1. The van der Waals surface area contributed by atoms with Gasteiger partial charge in [-0.15, -0.1) is 11.3 Å². The lowest BCUT2D eigenvalue weighted by Crippen LogP contribution is -2.08. The Labute approximate surface area is 126 Å². The molecule has 0 amide bonds. The maximum atomic E-state index is 10.9. The van der Waals surface area contributed by atoms with Gasteiger partial charge < -0.3 is 5.32 Å². The molecule has 2 heterocycles. The van der Waals surface area contributed by atoms with Crippen molar-refractivity contribution in [3.05, 3.63) is 42.4 Å². The third kappa shape index (κ3) is 3.62. The van der Waals surface area contributed by atoms with Crippen LogP contribution in [0.1, 0.15) is 4.88 Å². The molecule has 1 N–H and O–H groups in total. The standard InChI is InChI=1S/C10H8BrClN4O2S/c11-7-2-1-6(19-7)3-4-13-10-8(16(17)18)9(12)14-5-15-10/h1-2,5H,3-4H2,(H,13,14,15). The maximum Gasteiger partial charge on any atom is 0.348 e. The van der Waals surface area contributed by atoms with Crippen LogP contribution < -0.4 is 5.32 Å². The number of anilines is 1. The van der Waals surface area contributed by atoms with Gasteiger partial charge in [-0.1, -0.05) is 11.6 Å². The molecule has 0 unspecified atom stereocenters. The first-order valence-electron chi connectivity index (χ1n) is 5.21. The molecule has 0 spiro atoms. The van der Waals surface area contributed by atoms with Crippen molar-refractivity contribution in [3.63, 3.8) is 0 Å². The number of nitrogens with zero attached hydrogens (tertiary/aromatic N) is 3. The molecule has 0 fully saturated rings. The maximum absolute atomic E-state index is 10.9. The SMILES string of the molecule is O=[N+]([O-])c1c(Cl)ncnc1NCCc1ccc(Br)s1. The number of rotatable bonds is 5. The summed E-state index contributed by atoms with van der Waals surface area (Å²) in [6.45, 7) is 0.529. The summed E-state index contributed by atoms with van der Waals surface area (Å²) in [5.41, 5.74) is -0.295. The summed E-state index contributed by atoms with van der Waals surface area (Å²) in [6, 6.07) is 3.96. The number of halogens is 2. The second-order valence-electron chi connectivity index (χ2n) is 3.50. The molecule has 0 aliphatic carbocycles. The van der Waals surface area contributed by atoms with Crippen molar-refractivity contribution in [2.24, 2.45) is 0 Å². The van der Waals surface area contributed by atoms with Gasteiger partial charge in [0.2, 0.25) is 11.0 Å². The van der Waals surface area contributed by atoms with E-state index < -0.39 is 4.92 Å². The van der Waals surface area contributed by atoms with Gasteiger partial charge in [0.05, 0.1) is 8.71 Å². The average Bonchev–Trinajstić information content (AvgIpc) is 2.74. The van der Waals surface area contributed by atoms with E-state index in [4.69, 9.17) is 11.6 Å². The number of aromatic nitrogens is 2. The van der Waals surface area contributed by atoms with Crippen LogP contribution in [-0.4, -0.2) is 21.4 Å². The smallest absolute Gasteiger partial charge is 0.348 e. The highest BCUT2D eigenvalue weighted by atomic mass is 79.9. The Kier molecular flexibility index (Phi) is 4.67. The summed E-state index contributed by atoms with van der Waals surface area (Å²) in [5.74, 6) is 0.139. The number of nitrogens with one attached hydrogen (secondary N) is 1. The first-order chi connectivity index (χ1) is 9.08. The van der Waals surface area contributed by atoms with Crippen molar-refractivity contribution in [1.29, 1.82) is 0 Å². The molecular weight excluding hydrogens is 356 g/mol. The quantitative estimate of drug-likeness (QED) is 0.499. The van der Waals surface area contributed by atoms with E-state index in [0.717, 1.165) is 10.2 Å². The van der Waals surface area contributed by atoms with E-state index in [9.17, 15) is 10.1 Å². The second kappa shape index (κ2) is 6.27. The predicted molar refractivity (Wildman–Crippen MR) is 77.9 cm³/mol. The zero-order valence-electron chi connectivity index (χ0n) is 9.47. The molecule has 0 saturated carbocycles. The zero-order chi connectivity index (χ0) is 13.8. The molecule has 0 bridgehead atoms. The minimum atomic E-state index is -0.591. The summed E-state index contributed by atoms with van der Waals surface area (Å²) >= 11 is 10.7. The minimum absolute atomic E-state index is 0.139. The van der Waals surface area contributed by atoms with Crippen LogP contribution >= 0.6 is 38.9 Å². The summed E-state index contributed by atoms with van der Waals surface area (Å²) < 4.78 is 1.05. The van der Waals surface area contributed by atoms with E-state index in [0.29, 0.717) is 6.54 Å². The van der Waals surface area contributed by atoms with Crippen LogP contribution in [0, 0.1) is 10.1 Å². The summed E-state index contributed by atoms with van der Waals surface area (Å²) in [5, 5.41) is 13.6. The number of hydrogen-bond acceptors (Lipinski definition) is 6. The van der Waals surface area contributed by atoms with Crippen LogP contribution in [-0.2, 0) is 6.42 Å². The molecule has 2 aromatic rings. The van der Waals surface area contributed by atoms with E-state index in [-0.39, 0.29) is 16.7 Å². The Morgan fingerprint density at radius 1 is 1.47 bits per heavy atom. The monoisotopic (exact) mass is 362 g/mol. The van der Waals surface area contributed by atoms with Crippen LogP contribution in [0.25, 0.3) is 0 Å². The van der Waals surface area contributed by atoms with Gasteiger partial charge in [0.1, 0.15) is 6.33 Å². The van der Waals surface area contributed by atoms with Crippen LogP contribution in [0.4, 0.5) is 11.5 Å². The Bertz CT molecular complexity index is 607. The highest BCUT2D eigenvalue weighted by Crippen LogP contribution is 2.28. The highest BCUT2D eigenvalue weighted by molar-refractivity contribution is 9.11. The Balaban J connectivity index is 2.03. The molecule has 6 nitrogen and oxygen atoms in total. The fourth-order valence-corrected chi connectivity index (χ4v) is 3.12. The van der Waals surface area contributed by atoms with E-state index >= 15 is 0 Å². The molecular formula is C10H8BrClN4O2S. The molecule has 2 rings (SSSR count). The molecule has 0 atom stereocenters. The predicted octanol–water partition coefficient (Wildman–Crippen LogP) is 3.52. The lowest BCUT2D eigenvalue weighted by atomic mass is 10.3. The van der Waals surface area contributed by atoms with Crippen LogP contribution in [0.15, 0.2) is 22.2 Å². The van der Waals surface area contributed by atoms with Gasteiger partial charge in [0.25, 0.3) is 0 Å². The van der Waals surface area contributed by atoms with Gasteiger partial charge >= 0.3 is 5.69 Å². The Morgan fingerprint density at radius 3 is 2.89 bits per heavy atom. The Hall–Kier alpha value is -1.25. The fraction of sp³-hybridized carbons (Fsp3) is 0.200. The molecule has 100 valence electrons. The van der Waals surface area contributed by atoms with Crippen molar-refractivity contribution in [2.75, 3.05) is 11.9 Å². The molecule has 0 radical (unpaired) electrons. The third-order valence-electron chi connectivity index (χ3n) is 2.25. The fourth-order valence-electron chi connectivity index (χ4n) is 1.44. The minimum Gasteiger partial charge on any atom is -0.364 e. The van der Waals surface area contributed by atoms with E-state index in [2.05, 4.69) is 31.2 Å². The first kappa shape index (κ1) is 14.2. The van der Waals surface area contributed by atoms with Crippen molar-refractivity contribution >= 4 is 50.4 Å². The molecule has 2 aromatic heterocycles. The lowest BCUT2D eigenvalue weighted by molar-refractivity contribution is -0.384. The third-order valence-corrected chi connectivity index (χ3v) is 4.21. The van der Waals surface area contributed by atoms with Crippen LogP contribution in [0.2, 0.25) is 5.15 Å². The van der Waals surface area contributed by atoms with Crippen molar-refractivity contribution in [3.8, 4) is 0 Å². The Morgan fingerprint density at radius 2 is 2.26 bits per heavy atom. The van der Waals surface area contributed by atoms with E-state index in [1.807, 2.05) is 12.1 Å². The van der Waals surface area contributed by atoms with Gasteiger partial charge in [-0.2, -0.15) is 0 Å². The molecule has 9 heteroatoms. The number of hydrogen-bond donors (Lipinski definition) is 1. The number of nitro groups is 1. The van der Waals surface area contributed by atoms with E-state index in [1.165, 1.54) is 11.2 Å².